The van der Waals surface area contributed by atoms with E-state index >= 15 is 0 Å². The third-order valence-electron chi connectivity index (χ3n) is 3.15. The van der Waals surface area contributed by atoms with Crippen molar-refractivity contribution in [1.29, 1.82) is 0 Å². The van der Waals surface area contributed by atoms with Crippen LogP contribution in [0.1, 0.15) is 5.56 Å². The number of hydrogen-bond donors (Lipinski definition) is 1. The molecule has 2 heterocycles. The van der Waals surface area contributed by atoms with Crippen LogP contribution in [0.15, 0.2) is 36.5 Å². The van der Waals surface area contributed by atoms with Crippen LogP contribution in [-0.2, 0) is 6.54 Å². The van der Waals surface area contributed by atoms with Crippen LogP contribution in [0.4, 0.5) is 0 Å². The lowest BCUT2D eigenvalue weighted by atomic mass is 10.2. The molecule has 0 amide bonds. The molecule has 0 bridgehead atoms. The number of aliphatic hydroxyl groups is 1. The van der Waals surface area contributed by atoms with Gasteiger partial charge >= 0.3 is 0 Å². The SMILES string of the molecule is Cc1cnc2c(c1)nc(-c1ccc(Cl)cc1)n2CCO. The van der Waals surface area contributed by atoms with E-state index < -0.39 is 0 Å². The molecule has 0 unspecified atom stereocenters. The normalized spacial score (nSPS) is 11.2. The van der Waals surface area contributed by atoms with Crippen LogP contribution < -0.4 is 0 Å². The first-order chi connectivity index (χ1) is 9.69. The van der Waals surface area contributed by atoms with Gasteiger partial charge in [-0.05, 0) is 42.8 Å². The number of aryl methyl sites for hydroxylation is 1. The third kappa shape index (κ3) is 2.28. The molecule has 0 aliphatic carbocycles. The average Bonchev–Trinajstić information content (AvgIpc) is 2.78. The molecular weight excluding hydrogens is 274 g/mol. The van der Waals surface area contributed by atoms with Gasteiger partial charge in [0.1, 0.15) is 11.3 Å². The molecular formula is C15H14ClN3O. The van der Waals surface area contributed by atoms with Crippen molar-refractivity contribution in [3.8, 4) is 11.4 Å². The van der Waals surface area contributed by atoms with Gasteiger partial charge in [-0.1, -0.05) is 11.6 Å². The summed E-state index contributed by atoms with van der Waals surface area (Å²) in [4.78, 5) is 9.06. The molecule has 5 heteroatoms. The smallest absolute Gasteiger partial charge is 0.160 e. The van der Waals surface area contributed by atoms with Crippen LogP contribution >= 0.6 is 11.6 Å². The molecule has 0 fully saturated rings. The first kappa shape index (κ1) is 13.1. The summed E-state index contributed by atoms with van der Waals surface area (Å²) in [6.45, 7) is 2.49. The molecule has 3 aromatic rings. The fourth-order valence-corrected chi connectivity index (χ4v) is 2.37. The van der Waals surface area contributed by atoms with Crippen LogP contribution in [0.3, 0.4) is 0 Å². The number of imidazole rings is 1. The summed E-state index contributed by atoms with van der Waals surface area (Å²) >= 11 is 5.92. The molecule has 3 rings (SSSR count). The van der Waals surface area contributed by atoms with Gasteiger partial charge in [-0.15, -0.1) is 0 Å². The van der Waals surface area contributed by atoms with Crippen molar-refractivity contribution < 1.29 is 5.11 Å². The maximum atomic E-state index is 9.27. The summed E-state index contributed by atoms with van der Waals surface area (Å²) in [5.41, 5.74) is 3.64. The summed E-state index contributed by atoms with van der Waals surface area (Å²) < 4.78 is 1.93. The van der Waals surface area contributed by atoms with Gasteiger partial charge in [-0.2, -0.15) is 0 Å². The zero-order valence-electron chi connectivity index (χ0n) is 11.0. The van der Waals surface area contributed by atoms with Crippen molar-refractivity contribution in [3.63, 3.8) is 0 Å². The van der Waals surface area contributed by atoms with E-state index in [1.54, 1.807) is 0 Å². The lowest BCUT2D eigenvalue weighted by molar-refractivity contribution is 0.278. The topological polar surface area (TPSA) is 50.9 Å². The molecule has 0 aliphatic heterocycles. The van der Waals surface area contributed by atoms with Crippen LogP contribution in [-0.4, -0.2) is 26.2 Å². The zero-order valence-corrected chi connectivity index (χ0v) is 11.8. The van der Waals surface area contributed by atoms with Crippen LogP contribution in [0.2, 0.25) is 5.02 Å². The lowest BCUT2D eigenvalue weighted by Gasteiger charge is -2.06. The molecule has 0 atom stereocenters. The van der Waals surface area contributed by atoms with Gasteiger partial charge in [-0.25, -0.2) is 9.97 Å². The first-order valence-electron chi connectivity index (χ1n) is 6.39. The Morgan fingerprint density at radius 2 is 2.00 bits per heavy atom. The number of halogens is 1. The number of aliphatic hydroxyl groups excluding tert-OH is 1. The molecule has 0 spiro atoms. The van der Waals surface area contributed by atoms with Crippen molar-refractivity contribution in [3.05, 3.63) is 47.1 Å². The highest BCUT2D eigenvalue weighted by Gasteiger charge is 2.13. The Kier molecular flexibility index (Phi) is 3.42. The summed E-state index contributed by atoms with van der Waals surface area (Å²) in [5, 5.41) is 9.96. The number of fused-ring (bicyclic) bond motifs is 1. The minimum absolute atomic E-state index is 0.0433. The number of aromatic nitrogens is 3. The third-order valence-corrected chi connectivity index (χ3v) is 3.40. The van der Waals surface area contributed by atoms with Gasteiger partial charge in [0.25, 0.3) is 0 Å². The summed E-state index contributed by atoms with van der Waals surface area (Å²) in [6, 6.07) is 9.50. The highest BCUT2D eigenvalue weighted by Crippen LogP contribution is 2.25. The second-order valence-electron chi connectivity index (χ2n) is 4.67. The summed E-state index contributed by atoms with van der Waals surface area (Å²) in [5.74, 6) is 0.795. The molecule has 1 N–H and O–H groups in total. The van der Waals surface area contributed by atoms with Crippen molar-refractivity contribution in [1.82, 2.24) is 14.5 Å². The maximum Gasteiger partial charge on any atom is 0.160 e. The highest BCUT2D eigenvalue weighted by molar-refractivity contribution is 6.30. The zero-order chi connectivity index (χ0) is 14.1. The fourth-order valence-electron chi connectivity index (χ4n) is 2.24. The Hall–Kier alpha value is -1.91. The molecule has 0 saturated heterocycles. The predicted octanol–water partition coefficient (Wildman–Crippen LogP) is 3.05. The number of rotatable bonds is 3. The molecule has 2 aromatic heterocycles. The molecule has 0 saturated carbocycles. The van der Waals surface area contributed by atoms with Crippen molar-refractivity contribution in [2.24, 2.45) is 0 Å². The fraction of sp³-hybridized carbons (Fsp3) is 0.200. The van der Waals surface area contributed by atoms with E-state index in [0.29, 0.717) is 11.6 Å². The quantitative estimate of drug-likeness (QED) is 0.805. The maximum absolute atomic E-state index is 9.27. The Bertz CT molecular complexity index is 750. The van der Waals surface area contributed by atoms with Crippen molar-refractivity contribution >= 4 is 22.8 Å². The molecule has 4 nitrogen and oxygen atoms in total. The van der Waals surface area contributed by atoms with E-state index in [1.807, 2.05) is 48.0 Å². The number of hydrogen-bond acceptors (Lipinski definition) is 3. The first-order valence-corrected chi connectivity index (χ1v) is 6.76. The monoisotopic (exact) mass is 287 g/mol. The van der Waals surface area contributed by atoms with Crippen LogP contribution in [0.5, 0.6) is 0 Å². The molecule has 0 radical (unpaired) electrons. The largest absolute Gasteiger partial charge is 0.395 e. The standard InChI is InChI=1S/C15H14ClN3O/c1-10-8-13-15(17-9-10)19(6-7-20)14(18-13)11-2-4-12(16)5-3-11/h2-5,8-9,20H,6-7H2,1H3. The number of pyridine rings is 1. The van der Waals surface area contributed by atoms with Gasteiger partial charge in [-0.3, -0.25) is 0 Å². The van der Waals surface area contributed by atoms with Gasteiger partial charge in [0.2, 0.25) is 0 Å². The van der Waals surface area contributed by atoms with E-state index in [2.05, 4.69) is 9.97 Å². The summed E-state index contributed by atoms with van der Waals surface area (Å²) in [7, 11) is 0. The van der Waals surface area contributed by atoms with E-state index in [4.69, 9.17) is 11.6 Å². The van der Waals surface area contributed by atoms with E-state index in [-0.39, 0.29) is 6.61 Å². The van der Waals surface area contributed by atoms with Crippen molar-refractivity contribution in [2.45, 2.75) is 13.5 Å². The van der Waals surface area contributed by atoms with Crippen molar-refractivity contribution in [2.75, 3.05) is 6.61 Å². The molecule has 102 valence electrons. The second-order valence-corrected chi connectivity index (χ2v) is 5.11. The lowest BCUT2D eigenvalue weighted by Crippen LogP contribution is -2.05. The minimum Gasteiger partial charge on any atom is -0.395 e. The number of benzene rings is 1. The van der Waals surface area contributed by atoms with Gasteiger partial charge in [0.05, 0.1) is 6.61 Å². The van der Waals surface area contributed by atoms with Crippen LogP contribution in [0, 0.1) is 6.92 Å². The van der Waals surface area contributed by atoms with Gasteiger partial charge in [0.15, 0.2) is 5.65 Å². The second kappa shape index (κ2) is 5.23. The Labute approximate surface area is 121 Å². The number of nitrogens with zero attached hydrogens (tertiary/aromatic N) is 3. The highest BCUT2D eigenvalue weighted by atomic mass is 35.5. The average molecular weight is 288 g/mol. The Morgan fingerprint density at radius 1 is 1.25 bits per heavy atom. The predicted molar refractivity (Wildman–Crippen MR) is 79.8 cm³/mol. The Balaban J connectivity index is 2.22. The van der Waals surface area contributed by atoms with E-state index in [9.17, 15) is 5.11 Å². The minimum atomic E-state index is 0.0433. The molecule has 1 aromatic carbocycles. The summed E-state index contributed by atoms with van der Waals surface area (Å²) in [6.07, 6.45) is 1.81. The van der Waals surface area contributed by atoms with E-state index in [0.717, 1.165) is 28.1 Å². The molecule has 0 aliphatic rings. The van der Waals surface area contributed by atoms with Gasteiger partial charge in [0, 0.05) is 23.3 Å². The van der Waals surface area contributed by atoms with Crippen LogP contribution in [0.25, 0.3) is 22.6 Å². The van der Waals surface area contributed by atoms with E-state index in [1.165, 1.54) is 0 Å². The molecule has 20 heavy (non-hydrogen) atoms. The Morgan fingerprint density at radius 3 is 2.70 bits per heavy atom. The van der Waals surface area contributed by atoms with Gasteiger partial charge < -0.3 is 9.67 Å².